The molecule has 0 atom stereocenters. The molecule has 0 spiro atoms. The van der Waals surface area contributed by atoms with Crippen molar-refractivity contribution in [3.05, 3.63) is 35.4 Å². The molecule has 1 aromatic carbocycles. The van der Waals surface area contributed by atoms with Gasteiger partial charge in [0.15, 0.2) is 0 Å². The largest absolute Gasteiger partial charge is 0.383 e. The van der Waals surface area contributed by atoms with Crippen LogP contribution in [0, 0.1) is 12.8 Å². The number of benzene rings is 1. The first-order chi connectivity index (χ1) is 10.6. The van der Waals surface area contributed by atoms with Crippen molar-refractivity contribution in [1.29, 1.82) is 0 Å². The molecule has 5 nitrogen and oxygen atoms in total. The van der Waals surface area contributed by atoms with Crippen LogP contribution in [0.15, 0.2) is 24.3 Å². The molecule has 1 heterocycles. The van der Waals surface area contributed by atoms with Gasteiger partial charge in [0.05, 0.1) is 6.61 Å². The van der Waals surface area contributed by atoms with Crippen molar-refractivity contribution in [2.75, 3.05) is 33.4 Å². The summed E-state index contributed by atoms with van der Waals surface area (Å²) >= 11 is 0. The van der Waals surface area contributed by atoms with Crippen molar-refractivity contribution in [3.63, 3.8) is 0 Å². The summed E-state index contributed by atoms with van der Waals surface area (Å²) in [6.45, 7) is 4.31. The summed E-state index contributed by atoms with van der Waals surface area (Å²) in [6.07, 6.45) is 1.44. The summed E-state index contributed by atoms with van der Waals surface area (Å²) in [5, 5.41) is 2.87. The fraction of sp³-hybridized carbons (Fsp3) is 0.529. The Bertz CT molecular complexity index is 522. The van der Waals surface area contributed by atoms with E-state index < -0.39 is 0 Å². The van der Waals surface area contributed by atoms with Crippen LogP contribution in [-0.4, -0.2) is 50.1 Å². The van der Waals surface area contributed by atoms with Gasteiger partial charge in [0.2, 0.25) is 5.91 Å². The second-order valence-electron chi connectivity index (χ2n) is 5.72. The van der Waals surface area contributed by atoms with Crippen LogP contribution in [0.3, 0.4) is 0 Å². The van der Waals surface area contributed by atoms with Gasteiger partial charge in [-0.25, -0.2) is 0 Å². The van der Waals surface area contributed by atoms with Gasteiger partial charge < -0.3 is 15.0 Å². The summed E-state index contributed by atoms with van der Waals surface area (Å²) in [5.41, 5.74) is 1.81. The molecule has 0 bridgehead atoms. The Hall–Kier alpha value is -1.88. The Morgan fingerprint density at radius 2 is 2.05 bits per heavy atom. The minimum atomic E-state index is -0.00147. The van der Waals surface area contributed by atoms with E-state index in [4.69, 9.17) is 4.74 Å². The minimum absolute atomic E-state index is 0.00147. The van der Waals surface area contributed by atoms with Gasteiger partial charge in [-0.1, -0.05) is 17.7 Å². The number of ether oxygens (including phenoxy) is 1. The van der Waals surface area contributed by atoms with Crippen molar-refractivity contribution in [2.45, 2.75) is 19.8 Å². The van der Waals surface area contributed by atoms with E-state index in [1.807, 2.05) is 36.1 Å². The average Bonchev–Trinajstić information content (AvgIpc) is 2.54. The lowest BCUT2D eigenvalue weighted by molar-refractivity contribution is -0.126. The van der Waals surface area contributed by atoms with Crippen LogP contribution in [0.1, 0.15) is 28.8 Å². The number of amides is 2. The second kappa shape index (κ2) is 7.94. The minimum Gasteiger partial charge on any atom is -0.383 e. The molecular formula is C17H24N2O3. The summed E-state index contributed by atoms with van der Waals surface area (Å²) in [6, 6.07) is 7.64. The van der Waals surface area contributed by atoms with Gasteiger partial charge in [0.1, 0.15) is 0 Å². The average molecular weight is 304 g/mol. The number of methoxy groups -OCH3 is 1. The van der Waals surface area contributed by atoms with Gasteiger partial charge in [-0.15, -0.1) is 0 Å². The van der Waals surface area contributed by atoms with Crippen molar-refractivity contribution in [2.24, 2.45) is 5.92 Å². The van der Waals surface area contributed by atoms with Crippen LogP contribution < -0.4 is 5.32 Å². The highest BCUT2D eigenvalue weighted by atomic mass is 16.5. The normalized spacial score (nSPS) is 15.6. The number of likely N-dealkylation sites (tertiary alicyclic amines) is 1. The number of rotatable bonds is 5. The molecule has 120 valence electrons. The molecular weight excluding hydrogens is 280 g/mol. The van der Waals surface area contributed by atoms with E-state index in [1.54, 1.807) is 7.11 Å². The molecule has 0 unspecified atom stereocenters. The molecule has 0 aromatic heterocycles. The first-order valence-electron chi connectivity index (χ1n) is 7.74. The molecule has 1 aliphatic heterocycles. The zero-order chi connectivity index (χ0) is 15.9. The third-order valence-corrected chi connectivity index (χ3v) is 4.02. The lowest BCUT2D eigenvalue weighted by Gasteiger charge is -2.31. The maximum atomic E-state index is 12.4. The van der Waals surface area contributed by atoms with Gasteiger partial charge in [-0.2, -0.15) is 0 Å². The number of nitrogens with zero attached hydrogens (tertiary/aromatic N) is 1. The smallest absolute Gasteiger partial charge is 0.253 e. The second-order valence-corrected chi connectivity index (χ2v) is 5.72. The molecule has 1 N–H and O–H groups in total. The summed E-state index contributed by atoms with van der Waals surface area (Å²) < 4.78 is 4.92. The van der Waals surface area contributed by atoms with Crippen molar-refractivity contribution < 1.29 is 14.3 Å². The number of aryl methyl sites for hydroxylation is 1. The van der Waals surface area contributed by atoms with Crippen LogP contribution in [0.2, 0.25) is 0 Å². The van der Waals surface area contributed by atoms with Crippen molar-refractivity contribution in [3.8, 4) is 0 Å². The van der Waals surface area contributed by atoms with E-state index in [0.29, 0.717) is 26.2 Å². The number of nitrogens with one attached hydrogen (secondary N) is 1. The van der Waals surface area contributed by atoms with Gasteiger partial charge in [0.25, 0.3) is 5.91 Å². The SMILES string of the molecule is COCCNC(=O)C1CCN(C(=O)c2cccc(C)c2)CC1. The summed E-state index contributed by atoms with van der Waals surface area (Å²) in [4.78, 5) is 26.3. The molecule has 5 heteroatoms. The Labute approximate surface area is 131 Å². The third-order valence-electron chi connectivity index (χ3n) is 4.02. The molecule has 1 saturated heterocycles. The predicted octanol–water partition coefficient (Wildman–Crippen LogP) is 1.61. The van der Waals surface area contributed by atoms with Gasteiger partial charge >= 0.3 is 0 Å². The molecule has 1 fully saturated rings. The predicted molar refractivity (Wildman–Crippen MR) is 84.7 cm³/mol. The molecule has 2 rings (SSSR count). The molecule has 0 aliphatic carbocycles. The number of hydrogen-bond donors (Lipinski definition) is 1. The standard InChI is InChI=1S/C17H24N2O3/c1-13-4-3-5-15(12-13)17(21)19-9-6-14(7-10-19)16(20)18-8-11-22-2/h3-5,12,14H,6-11H2,1-2H3,(H,18,20). The molecule has 0 radical (unpaired) electrons. The van der Waals surface area contributed by atoms with Crippen molar-refractivity contribution in [1.82, 2.24) is 10.2 Å². The fourth-order valence-electron chi connectivity index (χ4n) is 2.73. The molecule has 1 aromatic rings. The fourth-order valence-corrected chi connectivity index (χ4v) is 2.73. The highest BCUT2D eigenvalue weighted by molar-refractivity contribution is 5.94. The Morgan fingerprint density at radius 3 is 2.68 bits per heavy atom. The molecule has 2 amide bonds. The van der Waals surface area contributed by atoms with E-state index in [-0.39, 0.29) is 17.7 Å². The topological polar surface area (TPSA) is 58.6 Å². The lowest BCUT2D eigenvalue weighted by Crippen LogP contribution is -2.43. The molecule has 1 aliphatic rings. The highest BCUT2D eigenvalue weighted by Crippen LogP contribution is 2.19. The molecule has 22 heavy (non-hydrogen) atoms. The van der Waals surface area contributed by atoms with E-state index in [0.717, 1.165) is 24.0 Å². The van der Waals surface area contributed by atoms with Gasteiger partial charge in [-0.3, -0.25) is 9.59 Å². The lowest BCUT2D eigenvalue weighted by atomic mass is 9.95. The number of carbonyl (C=O) groups is 2. The van der Waals surface area contributed by atoms with Crippen LogP contribution in [0.25, 0.3) is 0 Å². The zero-order valence-corrected chi connectivity index (χ0v) is 13.3. The van der Waals surface area contributed by atoms with E-state index in [2.05, 4.69) is 5.32 Å². The first-order valence-corrected chi connectivity index (χ1v) is 7.74. The quantitative estimate of drug-likeness (QED) is 0.841. The number of piperidine rings is 1. The van der Waals surface area contributed by atoms with Crippen LogP contribution in [0.5, 0.6) is 0 Å². The van der Waals surface area contributed by atoms with Crippen molar-refractivity contribution >= 4 is 11.8 Å². The van der Waals surface area contributed by atoms with Crippen LogP contribution in [-0.2, 0) is 9.53 Å². The van der Waals surface area contributed by atoms with Crippen LogP contribution >= 0.6 is 0 Å². The zero-order valence-electron chi connectivity index (χ0n) is 13.3. The third kappa shape index (κ3) is 4.31. The maximum absolute atomic E-state index is 12.4. The van der Waals surface area contributed by atoms with Gasteiger partial charge in [0, 0.05) is 38.2 Å². The maximum Gasteiger partial charge on any atom is 0.253 e. The van der Waals surface area contributed by atoms with Gasteiger partial charge in [-0.05, 0) is 31.9 Å². The van der Waals surface area contributed by atoms with Crippen LogP contribution in [0.4, 0.5) is 0 Å². The molecule has 0 saturated carbocycles. The summed E-state index contributed by atoms with van der Waals surface area (Å²) in [5.74, 6) is 0.125. The van der Waals surface area contributed by atoms with E-state index in [9.17, 15) is 9.59 Å². The Balaban J connectivity index is 1.84. The Morgan fingerprint density at radius 1 is 1.32 bits per heavy atom. The highest BCUT2D eigenvalue weighted by Gasteiger charge is 2.27. The number of hydrogen-bond acceptors (Lipinski definition) is 3. The Kier molecular flexibility index (Phi) is 5.95. The summed E-state index contributed by atoms with van der Waals surface area (Å²) in [7, 11) is 1.61. The van der Waals surface area contributed by atoms with E-state index in [1.165, 1.54) is 0 Å². The van der Waals surface area contributed by atoms with E-state index >= 15 is 0 Å². The monoisotopic (exact) mass is 304 g/mol. The first kappa shape index (κ1) is 16.5. The number of carbonyl (C=O) groups excluding carboxylic acids is 2.